The third-order valence-electron chi connectivity index (χ3n) is 3.98. The SMILES string of the molecule is COc1cccc(C(=O)Nc2cccc(NC(=O)C3CC3)c2)c1OC. The molecule has 25 heavy (non-hydrogen) atoms. The first-order chi connectivity index (χ1) is 12.1. The first kappa shape index (κ1) is 16.8. The number of carbonyl (C=O) groups is 2. The van der Waals surface area contributed by atoms with Crippen molar-refractivity contribution in [3.8, 4) is 11.5 Å². The van der Waals surface area contributed by atoms with Crippen LogP contribution in [0.5, 0.6) is 11.5 Å². The van der Waals surface area contributed by atoms with E-state index in [9.17, 15) is 9.59 Å². The Balaban J connectivity index is 1.76. The van der Waals surface area contributed by atoms with Crippen molar-refractivity contribution in [1.29, 1.82) is 0 Å². The van der Waals surface area contributed by atoms with Gasteiger partial charge in [-0.2, -0.15) is 0 Å². The molecular formula is C19H20N2O4. The smallest absolute Gasteiger partial charge is 0.259 e. The first-order valence-electron chi connectivity index (χ1n) is 8.05. The van der Waals surface area contributed by atoms with Gasteiger partial charge < -0.3 is 20.1 Å². The molecule has 0 unspecified atom stereocenters. The Morgan fingerprint density at radius 2 is 1.64 bits per heavy atom. The van der Waals surface area contributed by atoms with Crippen molar-refractivity contribution in [3.05, 3.63) is 48.0 Å². The molecule has 0 radical (unpaired) electrons. The molecular weight excluding hydrogens is 320 g/mol. The van der Waals surface area contributed by atoms with Crippen LogP contribution in [-0.4, -0.2) is 26.0 Å². The van der Waals surface area contributed by atoms with Crippen LogP contribution in [-0.2, 0) is 4.79 Å². The monoisotopic (exact) mass is 340 g/mol. The van der Waals surface area contributed by atoms with Gasteiger partial charge in [-0.25, -0.2) is 0 Å². The van der Waals surface area contributed by atoms with Crippen molar-refractivity contribution in [2.75, 3.05) is 24.9 Å². The molecule has 0 heterocycles. The standard InChI is InChI=1S/C19H20N2O4/c1-24-16-8-4-7-15(17(16)25-2)19(23)21-14-6-3-5-13(11-14)20-18(22)12-9-10-12/h3-8,11-12H,9-10H2,1-2H3,(H,20,22)(H,21,23). The molecule has 2 amide bonds. The highest BCUT2D eigenvalue weighted by Gasteiger charge is 2.29. The average molecular weight is 340 g/mol. The molecule has 0 aromatic heterocycles. The van der Waals surface area contributed by atoms with Gasteiger partial charge in [-0.1, -0.05) is 12.1 Å². The van der Waals surface area contributed by atoms with Gasteiger partial charge in [-0.05, 0) is 43.2 Å². The molecule has 6 heteroatoms. The van der Waals surface area contributed by atoms with Crippen LogP contribution in [0.3, 0.4) is 0 Å². The second kappa shape index (κ2) is 7.25. The molecule has 1 aliphatic rings. The topological polar surface area (TPSA) is 76.7 Å². The molecule has 0 spiro atoms. The molecule has 0 saturated heterocycles. The van der Waals surface area contributed by atoms with E-state index >= 15 is 0 Å². The molecule has 1 fully saturated rings. The minimum absolute atomic E-state index is 0.0259. The highest BCUT2D eigenvalue weighted by atomic mass is 16.5. The van der Waals surface area contributed by atoms with E-state index in [4.69, 9.17) is 9.47 Å². The van der Waals surface area contributed by atoms with Crippen LogP contribution in [0.2, 0.25) is 0 Å². The van der Waals surface area contributed by atoms with E-state index in [1.807, 2.05) is 0 Å². The van der Waals surface area contributed by atoms with Gasteiger partial charge in [0.2, 0.25) is 5.91 Å². The summed E-state index contributed by atoms with van der Waals surface area (Å²) in [7, 11) is 3.01. The number of nitrogens with one attached hydrogen (secondary N) is 2. The van der Waals surface area contributed by atoms with Crippen LogP contribution < -0.4 is 20.1 Å². The lowest BCUT2D eigenvalue weighted by Gasteiger charge is -2.13. The van der Waals surface area contributed by atoms with Crippen LogP contribution in [0, 0.1) is 5.92 Å². The summed E-state index contributed by atoms with van der Waals surface area (Å²) in [6.07, 6.45) is 1.88. The summed E-state index contributed by atoms with van der Waals surface area (Å²) in [5, 5.41) is 5.68. The highest BCUT2D eigenvalue weighted by Crippen LogP contribution is 2.32. The number of amides is 2. The lowest BCUT2D eigenvalue weighted by atomic mass is 10.1. The zero-order chi connectivity index (χ0) is 17.8. The Hall–Kier alpha value is -3.02. The van der Waals surface area contributed by atoms with Gasteiger partial charge in [0.15, 0.2) is 11.5 Å². The van der Waals surface area contributed by atoms with E-state index in [-0.39, 0.29) is 17.7 Å². The van der Waals surface area contributed by atoms with E-state index < -0.39 is 0 Å². The summed E-state index contributed by atoms with van der Waals surface area (Å²) in [5.41, 5.74) is 1.62. The largest absolute Gasteiger partial charge is 0.493 e. The van der Waals surface area contributed by atoms with Crippen molar-refractivity contribution in [1.82, 2.24) is 0 Å². The third-order valence-corrected chi connectivity index (χ3v) is 3.98. The molecule has 2 aromatic rings. The number of hydrogen-bond donors (Lipinski definition) is 2. The van der Waals surface area contributed by atoms with Gasteiger partial charge >= 0.3 is 0 Å². The van der Waals surface area contributed by atoms with Crippen molar-refractivity contribution in [3.63, 3.8) is 0 Å². The predicted octanol–water partition coefficient (Wildman–Crippen LogP) is 3.30. The van der Waals surface area contributed by atoms with Crippen molar-refractivity contribution < 1.29 is 19.1 Å². The van der Waals surface area contributed by atoms with Crippen LogP contribution >= 0.6 is 0 Å². The molecule has 2 aromatic carbocycles. The van der Waals surface area contributed by atoms with Crippen molar-refractivity contribution in [2.45, 2.75) is 12.8 Å². The molecule has 0 atom stereocenters. The summed E-state index contributed by atoms with van der Waals surface area (Å²) in [6, 6.07) is 12.2. The van der Waals surface area contributed by atoms with Crippen molar-refractivity contribution >= 4 is 23.2 Å². The summed E-state index contributed by atoms with van der Waals surface area (Å²) >= 11 is 0. The molecule has 130 valence electrons. The number of benzene rings is 2. The number of methoxy groups -OCH3 is 2. The first-order valence-corrected chi connectivity index (χ1v) is 8.05. The molecule has 6 nitrogen and oxygen atoms in total. The molecule has 2 N–H and O–H groups in total. The molecule has 3 rings (SSSR count). The minimum Gasteiger partial charge on any atom is -0.493 e. The average Bonchev–Trinajstić information content (AvgIpc) is 3.46. The molecule has 0 bridgehead atoms. The van der Waals surface area contributed by atoms with Gasteiger partial charge in [-0.15, -0.1) is 0 Å². The lowest BCUT2D eigenvalue weighted by Crippen LogP contribution is -2.15. The maximum Gasteiger partial charge on any atom is 0.259 e. The number of rotatable bonds is 6. The Bertz CT molecular complexity index is 800. The maximum absolute atomic E-state index is 12.6. The summed E-state index contributed by atoms with van der Waals surface area (Å²) < 4.78 is 10.5. The van der Waals surface area contributed by atoms with Gasteiger partial charge in [0.05, 0.1) is 19.8 Å². The number of ether oxygens (including phenoxy) is 2. The fourth-order valence-electron chi connectivity index (χ4n) is 2.53. The fraction of sp³-hybridized carbons (Fsp3) is 0.263. The number of carbonyl (C=O) groups excluding carboxylic acids is 2. The second-order valence-electron chi connectivity index (χ2n) is 5.84. The minimum atomic E-state index is -0.318. The Labute approximate surface area is 146 Å². The zero-order valence-electron chi connectivity index (χ0n) is 14.2. The fourth-order valence-corrected chi connectivity index (χ4v) is 2.53. The normalized spacial score (nSPS) is 13.0. The van der Waals surface area contributed by atoms with Gasteiger partial charge in [0.25, 0.3) is 5.91 Å². The zero-order valence-corrected chi connectivity index (χ0v) is 14.2. The van der Waals surface area contributed by atoms with E-state index in [1.54, 1.807) is 42.5 Å². The quantitative estimate of drug-likeness (QED) is 0.846. The van der Waals surface area contributed by atoms with Crippen LogP contribution in [0.1, 0.15) is 23.2 Å². The van der Waals surface area contributed by atoms with Crippen molar-refractivity contribution in [2.24, 2.45) is 5.92 Å². The van der Waals surface area contributed by atoms with Gasteiger partial charge in [0, 0.05) is 17.3 Å². The van der Waals surface area contributed by atoms with Gasteiger partial charge in [-0.3, -0.25) is 9.59 Å². The van der Waals surface area contributed by atoms with Crippen LogP contribution in [0.4, 0.5) is 11.4 Å². The van der Waals surface area contributed by atoms with E-state index in [2.05, 4.69) is 10.6 Å². The Kier molecular flexibility index (Phi) is 4.88. The van der Waals surface area contributed by atoms with E-state index in [0.717, 1.165) is 12.8 Å². The van der Waals surface area contributed by atoms with Crippen LogP contribution in [0.25, 0.3) is 0 Å². The maximum atomic E-state index is 12.6. The number of para-hydroxylation sites is 1. The van der Waals surface area contributed by atoms with E-state index in [0.29, 0.717) is 28.4 Å². The summed E-state index contributed by atoms with van der Waals surface area (Å²) in [5.74, 6) is 0.694. The Morgan fingerprint density at radius 1 is 0.960 bits per heavy atom. The second-order valence-corrected chi connectivity index (χ2v) is 5.84. The van der Waals surface area contributed by atoms with Gasteiger partial charge in [0.1, 0.15) is 0 Å². The lowest BCUT2D eigenvalue weighted by molar-refractivity contribution is -0.117. The predicted molar refractivity (Wildman–Crippen MR) is 95.3 cm³/mol. The molecule has 1 saturated carbocycles. The molecule has 1 aliphatic carbocycles. The van der Waals surface area contributed by atoms with Crippen LogP contribution in [0.15, 0.2) is 42.5 Å². The summed E-state index contributed by atoms with van der Waals surface area (Å²) in [4.78, 5) is 24.4. The Morgan fingerprint density at radius 3 is 2.28 bits per heavy atom. The highest BCUT2D eigenvalue weighted by molar-refractivity contribution is 6.07. The summed E-state index contributed by atoms with van der Waals surface area (Å²) in [6.45, 7) is 0. The molecule has 0 aliphatic heterocycles. The number of anilines is 2. The third kappa shape index (κ3) is 3.91. The van der Waals surface area contributed by atoms with E-state index in [1.165, 1.54) is 14.2 Å². The number of hydrogen-bond acceptors (Lipinski definition) is 4.